The average Bonchev–Trinajstić information content (AvgIpc) is 1.83. The Kier molecular flexibility index (Phi) is 5.42. The smallest absolute Gasteiger partial charge is 0.0498 e. The van der Waals surface area contributed by atoms with Crippen molar-refractivity contribution in [2.24, 2.45) is 0 Å². The molecule has 1 nitrogen and oxygen atoms in total. The van der Waals surface area contributed by atoms with E-state index < -0.39 is 10.8 Å². The van der Waals surface area contributed by atoms with E-state index in [-0.39, 0.29) is 0 Å². The van der Waals surface area contributed by atoms with Crippen molar-refractivity contribution >= 4 is 26.7 Å². The molecule has 0 saturated heterocycles. The van der Waals surface area contributed by atoms with Crippen LogP contribution in [-0.4, -0.2) is 10.5 Å². The van der Waals surface area contributed by atoms with E-state index in [1.165, 1.54) is 0 Å². The van der Waals surface area contributed by atoms with E-state index in [4.69, 9.17) is 0 Å². The van der Waals surface area contributed by atoms with Crippen molar-refractivity contribution in [1.82, 2.24) is 0 Å². The van der Waals surface area contributed by atoms with Gasteiger partial charge in [0.1, 0.15) is 0 Å². The number of allylic oxidation sites excluding steroid dienone is 4. The van der Waals surface area contributed by atoms with Gasteiger partial charge >= 0.3 is 0 Å². The molecule has 0 bridgehead atoms. The highest BCUT2D eigenvalue weighted by atomic mass is 79.9. The highest BCUT2D eigenvalue weighted by Crippen LogP contribution is 2.12. The molecule has 0 aromatic rings. The second-order valence-corrected chi connectivity index (χ2v) is 5.07. The fourth-order valence-electron chi connectivity index (χ4n) is 0.647. The lowest BCUT2D eigenvalue weighted by Gasteiger charge is -1.97. The summed E-state index contributed by atoms with van der Waals surface area (Å²) in [7, 11) is -0.951. The first kappa shape index (κ1) is 11.8. The summed E-state index contributed by atoms with van der Waals surface area (Å²) in [5, 5.41) is 0. The van der Waals surface area contributed by atoms with Crippen molar-refractivity contribution in [3.05, 3.63) is 33.7 Å². The predicted octanol–water partition coefficient (Wildman–Crippen LogP) is 3.12. The maximum atomic E-state index is 11.2. The zero-order valence-corrected chi connectivity index (χ0v) is 9.96. The fraction of sp³-hybridized carbons (Fsp3) is 0.333. The van der Waals surface area contributed by atoms with Gasteiger partial charge in [-0.05, 0) is 26.0 Å². The summed E-state index contributed by atoms with van der Waals surface area (Å²) in [6.45, 7) is 7.60. The molecule has 1 unspecified atom stereocenters. The van der Waals surface area contributed by atoms with E-state index in [0.29, 0.717) is 0 Å². The Morgan fingerprint density at radius 1 is 1.42 bits per heavy atom. The first-order valence-electron chi connectivity index (χ1n) is 3.48. The third-order valence-electron chi connectivity index (χ3n) is 1.06. The van der Waals surface area contributed by atoms with E-state index in [1.807, 2.05) is 19.9 Å². The maximum absolute atomic E-state index is 11.2. The molecule has 0 spiro atoms. The topological polar surface area (TPSA) is 17.1 Å². The van der Waals surface area contributed by atoms with Gasteiger partial charge in [0.25, 0.3) is 0 Å². The number of hydrogen-bond donors (Lipinski definition) is 0. The summed E-state index contributed by atoms with van der Waals surface area (Å²) in [5.41, 5.74) is 1.13. The maximum Gasteiger partial charge on any atom is 0.0498 e. The van der Waals surface area contributed by atoms with Crippen molar-refractivity contribution in [3.8, 4) is 0 Å². The Bertz CT molecular complexity index is 260. The van der Waals surface area contributed by atoms with E-state index in [9.17, 15) is 4.21 Å². The minimum atomic E-state index is -0.951. The zero-order valence-electron chi connectivity index (χ0n) is 7.56. The lowest BCUT2D eigenvalue weighted by molar-refractivity contribution is 0.690. The van der Waals surface area contributed by atoms with Crippen LogP contribution in [0.15, 0.2) is 33.7 Å². The molecule has 0 aliphatic heterocycles. The van der Waals surface area contributed by atoms with Crippen LogP contribution in [0.3, 0.4) is 0 Å². The van der Waals surface area contributed by atoms with Crippen LogP contribution in [0.2, 0.25) is 0 Å². The molecule has 0 aliphatic carbocycles. The molecule has 0 aromatic heterocycles. The van der Waals surface area contributed by atoms with Crippen LogP contribution < -0.4 is 0 Å². The van der Waals surface area contributed by atoms with Gasteiger partial charge in [-0.3, -0.25) is 4.21 Å². The van der Waals surface area contributed by atoms with Gasteiger partial charge in [-0.25, -0.2) is 0 Å². The van der Waals surface area contributed by atoms with Gasteiger partial charge in [0, 0.05) is 26.4 Å². The van der Waals surface area contributed by atoms with Crippen LogP contribution in [0.4, 0.5) is 0 Å². The van der Waals surface area contributed by atoms with E-state index in [0.717, 1.165) is 15.0 Å². The van der Waals surface area contributed by atoms with Gasteiger partial charge in [0.05, 0.1) is 0 Å². The molecule has 0 N–H and O–H groups in total. The normalized spacial score (nSPS) is 13.8. The molecule has 68 valence electrons. The van der Waals surface area contributed by atoms with Crippen LogP contribution >= 0.6 is 15.9 Å². The molecule has 0 heterocycles. The Hall–Kier alpha value is -0.150. The van der Waals surface area contributed by atoms with E-state index >= 15 is 0 Å². The first-order valence-corrected chi connectivity index (χ1v) is 5.83. The van der Waals surface area contributed by atoms with Gasteiger partial charge in [0.2, 0.25) is 0 Å². The zero-order chi connectivity index (χ0) is 9.72. The summed E-state index contributed by atoms with van der Waals surface area (Å²) in [6, 6.07) is 0. The van der Waals surface area contributed by atoms with Crippen molar-refractivity contribution in [1.29, 1.82) is 0 Å². The summed E-state index contributed by atoms with van der Waals surface area (Å²) in [4.78, 5) is 0.789. The van der Waals surface area contributed by atoms with Gasteiger partial charge in [0.15, 0.2) is 0 Å². The third kappa shape index (κ3) is 5.49. The monoisotopic (exact) mass is 248 g/mol. The second kappa shape index (κ2) is 5.49. The number of rotatable bonds is 3. The quantitative estimate of drug-likeness (QED) is 0.702. The summed E-state index contributed by atoms with van der Waals surface area (Å²) >= 11 is 3.20. The highest BCUT2D eigenvalue weighted by Gasteiger charge is 1.97. The lowest BCUT2D eigenvalue weighted by atomic mass is 10.3. The first-order chi connectivity index (χ1) is 5.43. The molecular formula is C9H13BrOS. The minimum absolute atomic E-state index is 0.741. The largest absolute Gasteiger partial charge is 0.255 e. The number of hydrogen-bond acceptors (Lipinski definition) is 1. The molecule has 0 rings (SSSR count). The Morgan fingerprint density at radius 2 is 1.92 bits per heavy atom. The van der Waals surface area contributed by atoms with Crippen LogP contribution in [0.25, 0.3) is 0 Å². The third-order valence-corrected chi connectivity index (χ3v) is 2.19. The van der Waals surface area contributed by atoms with Gasteiger partial charge in [-0.15, -0.1) is 0 Å². The molecule has 0 saturated carbocycles. The van der Waals surface area contributed by atoms with Crippen LogP contribution in [0, 0.1) is 0 Å². The Balaban J connectivity index is 4.81. The van der Waals surface area contributed by atoms with Crippen LogP contribution in [-0.2, 0) is 10.8 Å². The molecule has 0 aromatic carbocycles. The predicted molar refractivity (Wildman–Crippen MR) is 59.6 cm³/mol. The van der Waals surface area contributed by atoms with Gasteiger partial charge < -0.3 is 0 Å². The summed E-state index contributed by atoms with van der Waals surface area (Å²) in [6.07, 6.45) is 5.31. The van der Waals surface area contributed by atoms with Crippen molar-refractivity contribution in [2.45, 2.75) is 13.8 Å². The summed E-state index contributed by atoms with van der Waals surface area (Å²) < 4.78 is 11.9. The van der Waals surface area contributed by atoms with E-state index in [2.05, 4.69) is 22.5 Å². The van der Waals surface area contributed by atoms with E-state index in [1.54, 1.807) is 12.3 Å². The minimum Gasteiger partial charge on any atom is -0.255 e. The molecule has 0 radical (unpaired) electrons. The van der Waals surface area contributed by atoms with Crippen molar-refractivity contribution in [3.63, 3.8) is 0 Å². The average molecular weight is 249 g/mol. The second-order valence-electron chi connectivity index (χ2n) is 2.67. The van der Waals surface area contributed by atoms with Crippen molar-refractivity contribution in [2.75, 3.05) is 6.26 Å². The standard InChI is InChI=1S/C9H13BrOS/c1-7(2)5-9(12(4)11)6-8(3)10/h5-6H,3H2,1-2,4H3/b9-6+. The number of halogens is 1. The van der Waals surface area contributed by atoms with Crippen molar-refractivity contribution < 1.29 is 4.21 Å². The molecule has 3 heteroatoms. The molecule has 0 aliphatic rings. The SMILES string of the molecule is C=C(Br)/C=C(\C=C(C)C)S(C)=O. The highest BCUT2D eigenvalue weighted by molar-refractivity contribution is 9.11. The molecule has 12 heavy (non-hydrogen) atoms. The van der Waals surface area contributed by atoms with Gasteiger partial charge in [-0.2, -0.15) is 0 Å². The molecule has 1 atom stereocenters. The summed E-state index contributed by atoms with van der Waals surface area (Å²) in [5.74, 6) is 0. The molecule has 0 amide bonds. The Morgan fingerprint density at radius 3 is 2.17 bits per heavy atom. The van der Waals surface area contributed by atoms with Crippen LogP contribution in [0.1, 0.15) is 13.8 Å². The molecule has 0 fully saturated rings. The molecular weight excluding hydrogens is 236 g/mol. The lowest BCUT2D eigenvalue weighted by Crippen LogP contribution is -1.89. The van der Waals surface area contributed by atoms with Crippen LogP contribution in [0.5, 0.6) is 0 Å². The fourth-order valence-corrected chi connectivity index (χ4v) is 1.75. The van der Waals surface area contributed by atoms with Gasteiger partial charge in [-0.1, -0.05) is 28.1 Å². The Labute approximate surface area is 84.8 Å².